The van der Waals surface area contributed by atoms with Crippen LogP contribution < -0.4 is 15.5 Å². The molecule has 0 aliphatic carbocycles. The monoisotopic (exact) mass is 523 g/mol. The maximum Gasteiger partial charge on any atom is 0.407 e. The van der Waals surface area contributed by atoms with Crippen molar-refractivity contribution >= 4 is 34.1 Å². The summed E-state index contributed by atoms with van der Waals surface area (Å²) in [5, 5.41) is 6.74. The van der Waals surface area contributed by atoms with Crippen molar-refractivity contribution in [2.24, 2.45) is 5.10 Å². The number of benzene rings is 3. The Morgan fingerprint density at radius 2 is 1.71 bits per heavy atom. The summed E-state index contributed by atoms with van der Waals surface area (Å²) in [5.41, 5.74) is 5.18. The van der Waals surface area contributed by atoms with Gasteiger partial charge < -0.3 is 14.8 Å². The zero-order valence-corrected chi connectivity index (χ0v) is 20.3. The Bertz CT molecular complexity index is 1090. The van der Waals surface area contributed by atoms with Crippen LogP contribution in [0.5, 0.6) is 5.75 Å². The molecule has 0 fully saturated rings. The standard InChI is InChI=1S/C26H26BrN3O4/c1-2-33-26(32)29-24(21-6-4-3-5-7-21)16-25(31)30-28-17-19-10-14-23(15-11-19)34-18-20-8-12-22(27)13-9-20/h3-15,17,24H,2,16,18H2,1H3,(H,29,32)(H,30,31)/b28-17-/t24-/m0/s1. The summed E-state index contributed by atoms with van der Waals surface area (Å²) in [4.78, 5) is 24.3. The Morgan fingerprint density at radius 3 is 2.38 bits per heavy atom. The highest BCUT2D eigenvalue weighted by Crippen LogP contribution is 2.17. The van der Waals surface area contributed by atoms with Gasteiger partial charge in [-0.1, -0.05) is 58.4 Å². The Kier molecular flexibility index (Phi) is 9.66. The Balaban J connectivity index is 1.50. The van der Waals surface area contributed by atoms with Crippen LogP contribution in [0.4, 0.5) is 4.79 Å². The molecule has 8 heteroatoms. The lowest BCUT2D eigenvalue weighted by Crippen LogP contribution is -2.33. The number of hydrazone groups is 1. The molecular formula is C26H26BrN3O4. The number of alkyl carbamates (subject to hydrolysis) is 1. The first-order valence-electron chi connectivity index (χ1n) is 10.8. The predicted molar refractivity (Wildman–Crippen MR) is 135 cm³/mol. The first-order valence-corrected chi connectivity index (χ1v) is 11.6. The molecule has 0 bridgehead atoms. The topological polar surface area (TPSA) is 89.0 Å². The number of rotatable bonds is 10. The smallest absolute Gasteiger partial charge is 0.407 e. The molecule has 1 atom stereocenters. The van der Waals surface area contributed by atoms with Crippen molar-refractivity contribution in [3.63, 3.8) is 0 Å². The second-order valence-electron chi connectivity index (χ2n) is 7.31. The van der Waals surface area contributed by atoms with Crippen LogP contribution in [0, 0.1) is 0 Å². The molecule has 2 N–H and O–H groups in total. The molecule has 176 valence electrons. The highest BCUT2D eigenvalue weighted by molar-refractivity contribution is 9.10. The summed E-state index contributed by atoms with van der Waals surface area (Å²) in [6.45, 7) is 2.44. The van der Waals surface area contributed by atoms with E-state index in [0.717, 1.165) is 26.9 Å². The molecule has 0 radical (unpaired) electrons. The van der Waals surface area contributed by atoms with E-state index in [4.69, 9.17) is 9.47 Å². The summed E-state index contributed by atoms with van der Waals surface area (Å²) in [7, 11) is 0. The van der Waals surface area contributed by atoms with Crippen molar-refractivity contribution < 1.29 is 19.1 Å². The third-order valence-corrected chi connectivity index (χ3v) is 5.29. The number of halogens is 1. The molecule has 3 aromatic rings. The zero-order valence-electron chi connectivity index (χ0n) is 18.7. The highest BCUT2D eigenvalue weighted by Gasteiger charge is 2.18. The third-order valence-electron chi connectivity index (χ3n) is 4.76. The van der Waals surface area contributed by atoms with Crippen molar-refractivity contribution in [1.82, 2.24) is 10.7 Å². The molecule has 0 aliphatic heterocycles. The molecule has 0 saturated heterocycles. The fourth-order valence-electron chi connectivity index (χ4n) is 3.06. The van der Waals surface area contributed by atoms with Gasteiger partial charge in [0.25, 0.3) is 0 Å². The van der Waals surface area contributed by atoms with Crippen molar-refractivity contribution in [3.8, 4) is 5.75 Å². The summed E-state index contributed by atoms with van der Waals surface area (Å²) in [6.07, 6.45) is 0.991. The van der Waals surface area contributed by atoms with Crippen LogP contribution in [-0.4, -0.2) is 24.8 Å². The van der Waals surface area contributed by atoms with Gasteiger partial charge in [0.2, 0.25) is 5.91 Å². The van der Waals surface area contributed by atoms with Crippen LogP contribution >= 0.6 is 15.9 Å². The second-order valence-corrected chi connectivity index (χ2v) is 8.23. The van der Waals surface area contributed by atoms with E-state index in [1.807, 2.05) is 78.9 Å². The minimum absolute atomic E-state index is 0.0169. The molecule has 3 aromatic carbocycles. The number of hydrogen-bond acceptors (Lipinski definition) is 5. The van der Waals surface area contributed by atoms with Crippen LogP contribution in [-0.2, 0) is 16.1 Å². The van der Waals surface area contributed by atoms with Gasteiger partial charge in [0.05, 0.1) is 25.3 Å². The van der Waals surface area contributed by atoms with Crippen LogP contribution in [0.2, 0.25) is 0 Å². The van der Waals surface area contributed by atoms with Crippen molar-refractivity contribution in [2.45, 2.75) is 26.0 Å². The minimum atomic E-state index is -0.574. The Hall–Kier alpha value is -3.65. The first kappa shape index (κ1) is 25.0. The van der Waals surface area contributed by atoms with Gasteiger partial charge in [-0.2, -0.15) is 5.10 Å². The lowest BCUT2D eigenvalue weighted by atomic mass is 10.0. The number of amides is 2. The fourth-order valence-corrected chi connectivity index (χ4v) is 3.32. The molecule has 2 amide bonds. The van der Waals surface area contributed by atoms with Crippen molar-refractivity contribution in [2.75, 3.05) is 6.61 Å². The van der Waals surface area contributed by atoms with Gasteiger partial charge in [-0.05, 0) is 60.0 Å². The number of hydrogen-bond donors (Lipinski definition) is 2. The van der Waals surface area contributed by atoms with Crippen molar-refractivity contribution in [3.05, 3.63) is 100 Å². The van der Waals surface area contributed by atoms with Gasteiger partial charge in [-0.25, -0.2) is 10.2 Å². The second kappa shape index (κ2) is 13.2. The Labute approximate surface area is 207 Å². The van der Waals surface area contributed by atoms with E-state index in [2.05, 4.69) is 31.8 Å². The van der Waals surface area contributed by atoms with Crippen LogP contribution in [0.1, 0.15) is 36.1 Å². The van der Waals surface area contributed by atoms with Gasteiger partial charge in [0, 0.05) is 4.47 Å². The maximum atomic E-state index is 12.4. The van der Waals surface area contributed by atoms with E-state index in [9.17, 15) is 9.59 Å². The molecule has 0 aliphatic rings. The number of nitrogens with zero attached hydrogens (tertiary/aromatic N) is 1. The zero-order chi connectivity index (χ0) is 24.2. The number of carbonyl (C=O) groups is 2. The molecular weight excluding hydrogens is 498 g/mol. The molecule has 34 heavy (non-hydrogen) atoms. The largest absolute Gasteiger partial charge is 0.489 e. The summed E-state index contributed by atoms with van der Waals surface area (Å²) < 4.78 is 11.8. The van der Waals surface area contributed by atoms with E-state index in [1.165, 1.54) is 0 Å². The molecule has 0 aromatic heterocycles. The summed E-state index contributed by atoms with van der Waals surface area (Å²) >= 11 is 3.42. The molecule has 0 spiro atoms. The summed E-state index contributed by atoms with van der Waals surface area (Å²) in [5.74, 6) is 0.399. The highest BCUT2D eigenvalue weighted by atomic mass is 79.9. The van der Waals surface area contributed by atoms with Crippen LogP contribution in [0.3, 0.4) is 0 Å². The molecule has 3 rings (SSSR count). The first-order chi connectivity index (χ1) is 16.5. The fraction of sp³-hybridized carbons (Fsp3) is 0.192. The SMILES string of the molecule is CCOC(=O)N[C@@H](CC(=O)N/N=C\c1ccc(OCc2ccc(Br)cc2)cc1)c1ccccc1. The van der Waals surface area contributed by atoms with E-state index < -0.39 is 12.1 Å². The average Bonchev–Trinajstić information content (AvgIpc) is 2.85. The Morgan fingerprint density at radius 1 is 1.00 bits per heavy atom. The van der Waals surface area contributed by atoms with E-state index in [-0.39, 0.29) is 18.9 Å². The van der Waals surface area contributed by atoms with Gasteiger partial charge in [0.15, 0.2) is 0 Å². The normalized spacial score (nSPS) is 11.6. The van der Waals surface area contributed by atoms with E-state index >= 15 is 0 Å². The molecule has 0 unspecified atom stereocenters. The van der Waals surface area contributed by atoms with Crippen LogP contribution in [0.15, 0.2) is 88.4 Å². The van der Waals surface area contributed by atoms with Gasteiger partial charge in [-0.3, -0.25) is 4.79 Å². The number of nitrogens with one attached hydrogen (secondary N) is 2. The number of carbonyl (C=O) groups excluding carboxylic acids is 2. The molecule has 7 nitrogen and oxygen atoms in total. The molecule has 0 heterocycles. The van der Waals surface area contributed by atoms with Gasteiger partial charge in [-0.15, -0.1) is 0 Å². The molecule has 0 saturated carbocycles. The maximum absolute atomic E-state index is 12.4. The van der Waals surface area contributed by atoms with Gasteiger partial charge >= 0.3 is 6.09 Å². The van der Waals surface area contributed by atoms with Gasteiger partial charge in [0.1, 0.15) is 12.4 Å². The average molecular weight is 524 g/mol. The van der Waals surface area contributed by atoms with E-state index in [1.54, 1.807) is 13.1 Å². The number of ether oxygens (including phenoxy) is 2. The summed E-state index contributed by atoms with van der Waals surface area (Å²) in [6, 6.07) is 24.0. The lowest BCUT2D eigenvalue weighted by molar-refractivity contribution is -0.121. The van der Waals surface area contributed by atoms with E-state index in [0.29, 0.717) is 6.61 Å². The quantitative estimate of drug-likeness (QED) is 0.276. The van der Waals surface area contributed by atoms with Crippen LogP contribution in [0.25, 0.3) is 0 Å². The lowest BCUT2D eigenvalue weighted by Gasteiger charge is -2.18. The van der Waals surface area contributed by atoms with Crippen molar-refractivity contribution in [1.29, 1.82) is 0 Å². The minimum Gasteiger partial charge on any atom is -0.489 e. The predicted octanol–water partition coefficient (Wildman–Crippen LogP) is 5.36. The third kappa shape index (κ3) is 8.37.